The first-order valence-electron chi connectivity index (χ1n) is 5.90. The van der Waals surface area contributed by atoms with Crippen molar-refractivity contribution < 1.29 is 9.18 Å². The van der Waals surface area contributed by atoms with Crippen LogP contribution >= 0.6 is 0 Å². The largest absolute Gasteiger partial charge is 0.332 e. The number of nitrogens with one attached hydrogen (secondary N) is 1. The summed E-state index contributed by atoms with van der Waals surface area (Å²) in [7, 11) is 1.67. The van der Waals surface area contributed by atoms with Crippen LogP contribution in [0.5, 0.6) is 0 Å². The number of rotatable bonds is 3. The SMILES string of the molecule is Cc1nc(C(=O)N(C)C(C)c2ccc(F)cc2)n[nH]1. The number of H-pyrrole nitrogens is 1. The van der Waals surface area contributed by atoms with Crippen LogP contribution in [0.2, 0.25) is 0 Å². The van der Waals surface area contributed by atoms with Gasteiger partial charge in [-0.2, -0.15) is 0 Å². The van der Waals surface area contributed by atoms with Crippen LogP contribution < -0.4 is 0 Å². The number of hydrogen-bond acceptors (Lipinski definition) is 3. The number of aryl methyl sites for hydroxylation is 1. The monoisotopic (exact) mass is 262 g/mol. The summed E-state index contributed by atoms with van der Waals surface area (Å²) < 4.78 is 12.9. The average molecular weight is 262 g/mol. The average Bonchev–Trinajstić information content (AvgIpc) is 2.84. The second-order valence-electron chi connectivity index (χ2n) is 4.39. The smallest absolute Gasteiger partial charge is 0.293 e. The number of amides is 1. The highest BCUT2D eigenvalue weighted by atomic mass is 19.1. The molecular weight excluding hydrogens is 247 g/mol. The second-order valence-corrected chi connectivity index (χ2v) is 4.39. The van der Waals surface area contributed by atoms with Crippen molar-refractivity contribution in [2.24, 2.45) is 0 Å². The first kappa shape index (κ1) is 13.2. The van der Waals surface area contributed by atoms with Crippen molar-refractivity contribution in [2.45, 2.75) is 19.9 Å². The van der Waals surface area contributed by atoms with Crippen molar-refractivity contribution in [3.63, 3.8) is 0 Å². The molecule has 100 valence electrons. The fraction of sp³-hybridized carbons (Fsp3) is 0.308. The van der Waals surface area contributed by atoms with Gasteiger partial charge in [-0.25, -0.2) is 9.37 Å². The lowest BCUT2D eigenvalue weighted by Gasteiger charge is -2.24. The van der Waals surface area contributed by atoms with Crippen LogP contribution in [0, 0.1) is 12.7 Å². The predicted molar refractivity (Wildman–Crippen MR) is 68.0 cm³/mol. The lowest BCUT2D eigenvalue weighted by molar-refractivity contribution is 0.0730. The van der Waals surface area contributed by atoms with Crippen molar-refractivity contribution in [1.82, 2.24) is 20.1 Å². The maximum absolute atomic E-state index is 12.9. The Kier molecular flexibility index (Phi) is 3.59. The van der Waals surface area contributed by atoms with Gasteiger partial charge in [-0.3, -0.25) is 9.89 Å². The van der Waals surface area contributed by atoms with E-state index in [0.29, 0.717) is 5.82 Å². The van der Waals surface area contributed by atoms with Gasteiger partial charge in [-0.15, -0.1) is 5.10 Å². The van der Waals surface area contributed by atoms with Crippen molar-refractivity contribution in [3.05, 3.63) is 47.3 Å². The quantitative estimate of drug-likeness (QED) is 0.921. The predicted octanol–water partition coefficient (Wildman–Crippen LogP) is 2.09. The van der Waals surface area contributed by atoms with Gasteiger partial charge in [0.15, 0.2) is 0 Å². The first-order valence-corrected chi connectivity index (χ1v) is 5.90. The molecule has 1 heterocycles. The molecule has 0 aliphatic rings. The van der Waals surface area contributed by atoms with Crippen molar-refractivity contribution in [3.8, 4) is 0 Å². The highest BCUT2D eigenvalue weighted by Crippen LogP contribution is 2.20. The van der Waals surface area contributed by atoms with Crippen molar-refractivity contribution in [2.75, 3.05) is 7.05 Å². The fourth-order valence-electron chi connectivity index (χ4n) is 1.74. The Morgan fingerprint density at radius 3 is 2.53 bits per heavy atom. The van der Waals surface area contributed by atoms with E-state index in [4.69, 9.17) is 0 Å². The molecule has 1 unspecified atom stereocenters. The molecule has 5 nitrogen and oxygen atoms in total. The Morgan fingerprint density at radius 1 is 1.37 bits per heavy atom. The summed E-state index contributed by atoms with van der Waals surface area (Å²) in [6.07, 6.45) is 0. The molecule has 19 heavy (non-hydrogen) atoms. The fourth-order valence-corrected chi connectivity index (χ4v) is 1.74. The van der Waals surface area contributed by atoms with E-state index in [2.05, 4.69) is 15.2 Å². The molecule has 0 aliphatic heterocycles. The molecule has 0 saturated heterocycles. The lowest BCUT2D eigenvalue weighted by atomic mass is 10.1. The van der Waals surface area contributed by atoms with E-state index in [0.717, 1.165) is 5.56 Å². The third-order valence-corrected chi connectivity index (χ3v) is 3.04. The van der Waals surface area contributed by atoms with Crippen LogP contribution in [0.25, 0.3) is 0 Å². The highest BCUT2D eigenvalue weighted by molar-refractivity contribution is 5.90. The number of carbonyl (C=O) groups is 1. The molecule has 6 heteroatoms. The molecule has 2 rings (SSSR count). The molecule has 1 N–H and O–H groups in total. The molecule has 0 radical (unpaired) electrons. The van der Waals surface area contributed by atoms with E-state index in [1.54, 1.807) is 26.1 Å². The number of nitrogens with zero attached hydrogens (tertiary/aromatic N) is 3. The van der Waals surface area contributed by atoms with Crippen LogP contribution in [-0.2, 0) is 0 Å². The summed E-state index contributed by atoms with van der Waals surface area (Å²) in [5, 5.41) is 6.47. The van der Waals surface area contributed by atoms with E-state index < -0.39 is 0 Å². The van der Waals surface area contributed by atoms with Gasteiger partial charge in [0.1, 0.15) is 11.6 Å². The molecule has 0 spiro atoms. The lowest BCUT2D eigenvalue weighted by Crippen LogP contribution is -2.30. The van der Waals surface area contributed by atoms with Gasteiger partial charge < -0.3 is 4.90 Å². The minimum atomic E-state index is -0.297. The number of aromatic amines is 1. The van der Waals surface area contributed by atoms with E-state index in [1.807, 2.05) is 6.92 Å². The maximum Gasteiger partial charge on any atom is 0.293 e. The van der Waals surface area contributed by atoms with E-state index >= 15 is 0 Å². The van der Waals surface area contributed by atoms with Crippen LogP contribution in [0.3, 0.4) is 0 Å². The number of hydrogen-bond donors (Lipinski definition) is 1. The highest BCUT2D eigenvalue weighted by Gasteiger charge is 2.21. The third kappa shape index (κ3) is 2.78. The van der Waals surface area contributed by atoms with Gasteiger partial charge in [-0.1, -0.05) is 12.1 Å². The molecule has 0 fully saturated rings. The van der Waals surface area contributed by atoms with Gasteiger partial charge in [0.05, 0.1) is 6.04 Å². The van der Waals surface area contributed by atoms with E-state index in [1.165, 1.54) is 17.0 Å². The molecule has 2 aromatic rings. The van der Waals surface area contributed by atoms with Crippen molar-refractivity contribution in [1.29, 1.82) is 0 Å². The van der Waals surface area contributed by atoms with Gasteiger partial charge in [-0.05, 0) is 31.5 Å². The number of carbonyl (C=O) groups excluding carboxylic acids is 1. The van der Waals surface area contributed by atoms with Crippen molar-refractivity contribution >= 4 is 5.91 Å². The third-order valence-electron chi connectivity index (χ3n) is 3.04. The Bertz CT molecular complexity index is 579. The summed E-state index contributed by atoms with van der Waals surface area (Å²) in [5.74, 6) is 0.149. The Morgan fingerprint density at radius 2 is 2.00 bits per heavy atom. The molecule has 1 aromatic carbocycles. The topological polar surface area (TPSA) is 61.9 Å². The molecule has 1 amide bonds. The standard InChI is InChI=1S/C13H15FN4O/c1-8(10-4-6-11(14)7-5-10)18(3)13(19)12-15-9(2)16-17-12/h4-8H,1-3H3,(H,15,16,17). The number of aromatic nitrogens is 3. The first-order chi connectivity index (χ1) is 8.99. The Hall–Kier alpha value is -2.24. The summed E-state index contributed by atoms with van der Waals surface area (Å²) in [6, 6.07) is 5.88. The minimum Gasteiger partial charge on any atom is -0.332 e. The normalized spacial score (nSPS) is 12.2. The minimum absolute atomic E-state index is 0.133. The summed E-state index contributed by atoms with van der Waals surface area (Å²) in [5.41, 5.74) is 0.851. The molecule has 0 aliphatic carbocycles. The van der Waals surface area contributed by atoms with Gasteiger partial charge >= 0.3 is 0 Å². The van der Waals surface area contributed by atoms with Crippen LogP contribution in [-0.4, -0.2) is 33.0 Å². The van der Waals surface area contributed by atoms with Gasteiger partial charge in [0, 0.05) is 7.05 Å². The Balaban J connectivity index is 2.16. The number of benzene rings is 1. The van der Waals surface area contributed by atoms with Crippen LogP contribution in [0.1, 0.15) is 35.0 Å². The maximum atomic E-state index is 12.9. The zero-order valence-electron chi connectivity index (χ0n) is 11.0. The van der Waals surface area contributed by atoms with Crippen LogP contribution in [0.15, 0.2) is 24.3 Å². The molecular formula is C13H15FN4O. The molecule has 1 atom stereocenters. The molecule has 0 bridgehead atoms. The zero-order chi connectivity index (χ0) is 14.0. The second kappa shape index (κ2) is 5.17. The molecule has 0 saturated carbocycles. The summed E-state index contributed by atoms with van der Waals surface area (Å²) >= 11 is 0. The van der Waals surface area contributed by atoms with Gasteiger partial charge in [0.2, 0.25) is 5.82 Å². The Labute approximate surface area is 110 Å². The number of halogens is 1. The van der Waals surface area contributed by atoms with E-state index in [-0.39, 0.29) is 23.6 Å². The molecule has 1 aromatic heterocycles. The van der Waals surface area contributed by atoms with Gasteiger partial charge in [0.25, 0.3) is 5.91 Å². The summed E-state index contributed by atoms with van der Waals surface area (Å²) in [4.78, 5) is 17.7. The zero-order valence-corrected chi connectivity index (χ0v) is 11.0. The van der Waals surface area contributed by atoms with E-state index in [9.17, 15) is 9.18 Å². The summed E-state index contributed by atoms with van der Waals surface area (Å²) in [6.45, 7) is 3.60. The van der Waals surface area contributed by atoms with Crippen LogP contribution in [0.4, 0.5) is 4.39 Å².